The number of hydrogen-bond donors (Lipinski definition) is 1. The van der Waals surface area contributed by atoms with Gasteiger partial charge in [0.1, 0.15) is 5.82 Å². The topological polar surface area (TPSA) is 56.7 Å². The molecule has 6 heteroatoms. The van der Waals surface area contributed by atoms with Crippen molar-refractivity contribution in [2.45, 2.75) is 0 Å². The van der Waals surface area contributed by atoms with Crippen LogP contribution in [0.1, 0.15) is 0 Å². The van der Waals surface area contributed by atoms with Crippen LogP contribution in [0, 0.1) is 11.6 Å². The van der Waals surface area contributed by atoms with E-state index >= 15 is 0 Å². The Bertz CT molecular complexity index is 750. The zero-order valence-electron chi connectivity index (χ0n) is 10.3. The first kappa shape index (κ1) is 12.3. The number of pyridine rings is 1. The second kappa shape index (κ2) is 4.73. The van der Waals surface area contributed by atoms with Crippen LogP contribution >= 0.6 is 0 Å². The Balaban J connectivity index is 1.99. The SMILES string of the molecule is Nc1ccc(-c2cnn(-c3ncc(F)cc3F)c2)cc1. The Hall–Kier alpha value is -2.76. The minimum absolute atomic E-state index is 0.0481. The Morgan fingerprint density at radius 2 is 1.75 bits per heavy atom. The highest BCUT2D eigenvalue weighted by molar-refractivity contribution is 5.64. The maximum Gasteiger partial charge on any atom is 0.189 e. The number of nitrogen functional groups attached to an aromatic ring is 1. The van der Waals surface area contributed by atoms with Crippen molar-refractivity contribution in [3.8, 4) is 16.9 Å². The molecule has 0 atom stereocenters. The first-order valence-corrected chi connectivity index (χ1v) is 5.85. The minimum atomic E-state index is -0.767. The summed E-state index contributed by atoms with van der Waals surface area (Å²) in [5.41, 5.74) is 7.96. The van der Waals surface area contributed by atoms with Gasteiger partial charge in [-0.05, 0) is 17.7 Å². The summed E-state index contributed by atoms with van der Waals surface area (Å²) in [6.45, 7) is 0. The van der Waals surface area contributed by atoms with Crippen LogP contribution in [-0.2, 0) is 0 Å². The van der Waals surface area contributed by atoms with Crippen molar-refractivity contribution in [2.75, 3.05) is 5.73 Å². The van der Waals surface area contributed by atoms with Crippen molar-refractivity contribution in [3.05, 3.63) is 60.6 Å². The highest BCUT2D eigenvalue weighted by Crippen LogP contribution is 2.21. The van der Waals surface area contributed by atoms with Crippen LogP contribution in [0.25, 0.3) is 16.9 Å². The molecule has 0 spiro atoms. The molecule has 0 fully saturated rings. The van der Waals surface area contributed by atoms with Crippen molar-refractivity contribution in [3.63, 3.8) is 0 Å². The molecule has 3 aromatic rings. The molecule has 4 nitrogen and oxygen atoms in total. The highest BCUT2D eigenvalue weighted by atomic mass is 19.1. The van der Waals surface area contributed by atoms with Gasteiger partial charge in [-0.3, -0.25) is 0 Å². The van der Waals surface area contributed by atoms with E-state index in [4.69, 9.17) is 5.73 Å². The Labute approximate surface area is 113 Å². The summed E-state index contributed by atoms with van der Waals surface area (Å²) in [6.07, 6.45) is 4.15. The first-order chi connectivity index (χ1) is 9.63. The molecule has 1 aromatic carbocycles. The number of nitrogens with zero attached hydrogens (tertiary/aromatic N) is 3. The van der Waals surface area contributed by atoms with Crippen LogP contribution in [0.5, 0.6) is 0 Å². The van der Waals surface area contributed by atoms with Crippen LogP contribution in [0.4, 0.5) is 14.5 Å². The molecule has 100 valence electrons. The lowest BCUT2D eigenvalue weighted by Gasteiger charge is -2.01. The quantitative estimate of drug-likeness (QED) is 0.730. The third kappa shape index (κ3) is 2.23. The van der Waals surface area contributed by atoms with E-state index < -0.39 is 11.6 Å². The summed E-state index contributed by atoms with van der Waals surface area (Å²) in [6, 6.07) is 7.98. The van der Waals surface area contributed by atoms with Crippen LogP contribution in [0.3, 0.4) is 0 Å². The molecule has 0 bridgehead atoms. The van der Waals surface area contributed by atoms with Crippen LogP contribution < -0.4 is 5.73 Å². The Morgan fingerprint density at radius 1 is 1.00 bits per heavy atom. The molecular formula is C14H10F2N4. The van der Waals surface area contributed by atoms with Gasteiger partial charge in [0.2, 0.25) is 0 Å². The normalized spacial score (nSPS) is 10.7. The molecule has 0 radical (unpaired) electrons. The highest BCUT2D eigenvalue weighted by Gasteiger charge is 2.10. The van der Waals surface area contributed by atoms with Gasteiger partial charge in [0.05, 0.1) is 12.4 Å². The number of benzene rings is 1. The van der Waals surface area contributed by atoms with Crippen molar-refractivity contribution in [2.24, 2.45) is 0 Å². The molecule has 3 rings (SSSR count). The van der Waals surface area contributed by atoms with E-state index in [0.29, 0.717) is 5.69 Å². The van der Waals surface area contributed by atoms with Gasteiger partial charge in [-0.2, -0.15) is 5.10 Å². The van der Waals surface area contributed by atoms with Crippen molar-refractivity contribution < 1.29 is 8.78 Å². The third-order valence-corrected chi connectivity index (χ3v) is 2.83. The number of anilines is 1. The molecule has 0 unspecified atom stereocenters. The predicted octanol–water partition coefficient (Wildman–Crippen LogP) is 2.79. The number of nitrogens with two attached hydrogens (primary N) is 1. The summed E-state index contributed by atoms with van der Waals surface area (Å²) in [5, 5.41) is 4.04. The van der Waals surface area contributed by atoms with Crippen molar-refractivity contribution in [1.82, 2.24) is 14.8 Å². The van der Waals surface area contributed by atoms with Crippen LogP contribution in [0.2, 0.25) is 0 Å². The maximum atomic E-state index is 13.6. The fraction of sp³-hybridized carbons (Fsp3) is 0. The van der Waals surface area contributed by atoms with Gasteiger partial charge in [-0.25, -0.2) is 18.4 Å². The molecular weight excluding hydrogens is 262 g/mol. The zero-order chi connectivity index (χ0) is 14.1. The summed E-state index contributed by atoms with van der Waals surface area (Å²) in [5.74, 6) is -1.54. The van der Waals surface area contributed by atoms with E-state index in [1.807, 2.05) is 12.1 Å². The lowest BCUT2D eigenvalue weighted by molar-refractivity contribution is 0.560. The summed E-state index contributed by atoms with van der Waals surface area (Å²) in [4.78, 5) is 3.70. The fourth-order valence-electron chi connectivity index (χ4n) is 1.84. The van der Waals surface area contributed by atoms with E-state index in [-0.39, 0.29) is 5.82 Å². The number of halogens is 2. The Kier molecular flexibility index (Phi) is 2.90. The summed E-state index contributed by atoms with van der Waals surface area (Å²) >= 11 is 0. The van der Waals surface area contributed by atoms with Gasteiger partial charge in [-0.1, -0.05) is 12.1 Å². The molecule has 0 aliphatic rings. The van der Waals surface area contributed by atoms with E-state index in [1.54, 1.807) is 24.5 Å². The molecule has 20 heavy (non-hydrogen) atoms. The van der Waals surface area contributed by atoms with E-state index in [9.17, 15) is 8.78 Å². The number of rotatable bonds is 2. The first-order valence-electron chi connectivity index (χ1n) is 5.85. The van der Waals surface area contributed by atoms with Crippen LogP contribution in [-0.4, -0.2) is 14.8 Å². The van der Waals surface area contributed by atoms with Gasteiger partial charge in [0.15, 0.2) is 11.6 Å². The standard InChI is InChI=1S/C14H10F2N4/c15-11-5-13(16)14(18-7-11)20-8-10(6-19-20)9-1-3-12(17)4-2-9/h1-8H,17H2. The van der Waals surface area contributed by atoms with E-state index in [0.717, 1.165) is 23.4 Å². The molecule has 2 aromatic heterocycles. The largest absolute Gasteiger partial charge is 0.399 e. The molecule has 0 saturated carbocycles. The average Bonchev–Trinajstić information content (AvgIpc) is 2.89. The monoisotopic (exact) mass is 272 g/mol. The predicted molar refractivity (Wildman–Crippen MR) is 71.1 cm³/mol. The van der Waals surface area contributed by atoms with Gasteiger partial charge in [0.25, 0.3) is 0 Å². The van der Waals surface area contributed by atoms with Gasteiger partial charge < -0.3 is 5.73 Å². The summed E-state index contributed by atoms with van der Waals surface area (Å²) < 4.78 is 27.7. The number of hydrogen-bond acceptors (Lipinski definition) is 3. The third-order valence-electron chi connectivity index (χ3n) is 2.83. The van der Waals surface area contributed by atoms with Crippen molar-refractivity contribution in [1.29, 1.82) is 0 Å². The fourth-order valence-corrected chi connectivity index (χ4v) is 1.84. The van der Waals surface area contributed by atoms with Gasteiger partial charge >= 0.3 is 0 Å². The smallest absolute Gasteiger partial charge is 0.189 e. The molecule has 2 heterocycles. The molecule has 2 N–H and O–H groups in total. The molecule has 0 aliphatic carbocycles. The lowest BCUT2D eigenvalue weighted by atomic mass is 10.1. The van der Waals surface area contributed by atoms with E-state index in [2.05, 4.69) is 10.1 Å². The zero-order valence-corrected chi connectivity index (χ0v) is 10.3. The van der Waals surface area contributed by atoms with E-state index in [1.165, 1.54) is 4.68 Å². The second-order valence-corrected chi connectivity index (χ2v) is 4.25. The molecule has 0 aliphatic heterocycles. The average molecular weight is 272 g/mol. The molecule has 0 amide bonds. The van der Waals surface area contributed by atoms with Crippen molar-refractivity contribution >= 4 is 5.69 Å². The Morgan fingerprint density at radius 3 is 2.45 bits per heavy atom. The lowest BCUT2D eigenvalue weighted by Crippen LogP contribution is -2.01. The number of aromatic nitrogens is 3. The van der Waals surface area contributed by atoms with Crippen LogP contribution in [0.15, 0.2) is 48.9 Å². The van der Waals surface area contributed by atoms with Gasteiger partial charge in [-0.15, -0.1) is 0 Å². The summed E-state index contributed by atoms with van der Waals surface area (Å²) in [7, 11) is 0. The maximum absolute atomic E-state index is 13.6. The minimum Gasteiger partial charge on any atom is -0.399 e. The van der Waals surface area contributed by atoms with Gasteiger partial charge in [0, 0.05) is 23.5 Å². The molecule has 0 saturated heterocycles. The second-order valence-electron chi connectivity index (χ2n) is 4.25.